The summed E-state index contributed by atoms with van der Waals surface area (Å²) in [7, 11) is 0. The first-order chi connectivity index (χ1) is 26.6. The van der Waals surface area contributed by atoms with Gasteiger partial charge in [-0.3, -0.25) is 0 Å². The molecule has 55 heavy (non-hydrogen) atoms. The van der Waals surface area contributed by atoms with Crippen molar-refractivity contribution in [2.75, 3.05) is 21.3 Å². The van der Waals surface area contributed by atoms with Gasteiger partial charge >= 0.3 is 12.1 Å². The first kappa shape index (κ1) is 34.9. The van der Waals surface area contributed by atoms with Gasteiger partial charge in [-0.05, 0) is 102 Å². The molecule has 0 radical (unpaired) electrons. The maximum Gasteiger partial charge on any atom is 0.323 e. The van der Waals surface area contributed by atoms with Crippen LogP contribution in [0.25, 0.3) is 33.4 Å². The monoisotopic (exact) mass is 770 g/mol. The number of aromatic hydroxyl groups is 2. The van der Waals surface area contributed by atoms with Crippen LogP contribution in [0.1, 0.15) is 11.1 Å². The molecule has 0 aliphatic heterocycles. The SMILES string of the molecule is O=C(Nc1ccc(Cc2ccc(NC(=O)Nc3ccc(-n4nc5ccc(Cl)cc5n4)c(O)c3)cc2)cc1)Nc1ccc(-n2nc3ccc(Cl)cc3n2)c(O)c1. The zero-order valence-electron chi connectivity index (χ0n) is 28.4. The molecule has 0 aliphatic rings. The van der Waals surface area contributed by atoms with Crippen molar-refractivity contribution in [3.8, 4) is 22.9 Å². The van der Waals surface area contributed by atoms with Crippen LogP contribution in [0.4, 0.5) is 32.3 Å². The lowest BCUT2D eigenvalue weighted by atomic mass is 10.0. The molecule has 0 saturated carbocycles. The molecule has 272 valence electrons. The molecule has 16 heteroatoms. The van der Waals surface area contributed by atoms with Gasteiger partial charge in [0.1, 0.15) is 44.9 Å². The summed E-state index contributed by atoms with van der Waals surface area (Å²) in [6.07, 6.45) is 0.623. The molecule has 0 spiro atoms. The summed E-state index contributed by atoms with van der Waals surface area (Å²) < 4.78 is 0. The Morgan fingerprint density at radius 3 is 1.24 bits per heavy atom. The van der Waals surface area contributed by atoms with Crippen LogP contribution >= 0.6 is 23.2 Å². The van der Waals surface area contributed by atoms with Crippen LogP contribution in [0.5, 0.6) is 11.5 Å². The number of urea groups is 2. The average molecular weight is 772 g/mol. The second-order valence-corrected chi connectivity index (χ2v) is 13.3. The first-order valence-electron chi connectivity index (χ1n) is 16.7. The zero-order valence-corrected chi connectivity index (χ0v) is 29.9. The van der Waals surface area contributed by atoms with Crippen LogP contribution in [0.15, 0.2) is 121 Å². The van der Waals surface area contributed by atoms with Gasteiger partial charge in [0.05, 0.1) is 0 Å². The van der Waals surface area contributed by atoms with Crippen molar-refractivity contribution in [3.63, 3.8) is 0 Å². The Balaban J connectivity index is 0.817. The van der Waals surface area contributed by atoms with E-state index >= 15 is 0 Å². The molecule has 0 unspecified atom stereocenters. The molecular weight excluding hydrogens is 743 g/mol. The number of fused-ring (bicyclic) bond motifs is 2. The van der Waals surface area contributed by atoms with Crippen molar-refractivity contribution in [2.45, 2.75) is 6.42 Å². The average Bonchev–Trinajstić information content (AvgIpc) is 3.77. The summed E-state index contributed by atoms with van der Waals surface area (Å²) in [5.74, 6) is -0.233. The van der Waals surface area contributed by atoms with Gasteiger partial charge < -0.3 is 31.5 Å². The van der Waals surface area contributed by atoms with Crippen molar-refractivity contribution in [1.29, 1.82) is 0 Å². The number of nitrogens with zero attached hydrogens (tertiary/aromatic N) is 6. The third kappa shape index (κ3) is 7.95. The number of phenolic OH excluding ortho intramolecular Hbond substituents is 2. The number of rotatable bonds is 8. The Morgan fingerprint density at radius 1 is 0.473 bits per heavy atom. The zero-order chi connectivity index (χ0) is 38.1. The lowest BCUT2D eigenvalue weighted by molar-refractivity contribution is 0.261. The van der Waals surface area contributed by atoms with E-state index in [-0.39, 0.29) is 11.5 Å². The van der Waals surface area contributed by atoms with E-state index in [0.717, 1.165) is 11.1 Å². The predicted octanol–water partition coefficient (Wildman–Crippen LogP) is 8.75. The summed E-state index contributed by atoms with van der Waals surface area (Å²) in [5.41, 5.74) is 7.05. The van der Waals surface area contributed by atoms with Crippen LogP contribution in [-0.2, 0) is 6.42 Å². The van der Waals surface area contributed by atoms with Crippen molar-refractivity contribution in [1.82, 2.24) is 30.0 Å². The molecule has 0 atom stereocenters. The second kappa shape index (κ2) is 14.7. The van der Waals surface area contributed by atoms with Crippen LogP contribution < -0.4 is 21.3 Å². The summed E-state index contributed by atoms with van der Waals surface area (Å²) in [6.45, 7) is 0. The molecule has 6 aromatic carbocycles. The lowest BCUT2D eigenvalue weighted by Gasteiger charge is -2.11. The van der Waals surface area contributed by atoms with Gasteiger partial charge in [-0.25, -0.2) is 9.59 Å². The Kier molecular flexibility index (Phi) is 9.32. The molecule has 8 aromatic rings. The Labute approximate surface area is 321 Å². The van der Waals surface area contributed by atoms with Crippen LogP contribution in [0, 0.1) is 0 Å². The number of carbonyl (C=O) groups excluding carboxylic acids is 2. The van der Waals surface area contributed by atoms with Crippen LogP contribution in [0.3, 0.4) is 0 Å². The van der Waals surface area contributed by atoms with Crippen LogP contribution in [0.2, 0.25) is 10.0 Å². The quantitative estimate of drug-likeness (QED) is 0.0886. The Morgan fingerprint density at radius 2 is 0.836 bits per heavy atom. The highest BCUT2D eigenvalue weighted by atomic mass is 35.5. The minimum absolute atomic E-state index is 0.117. The molecule has 2 heterocycles. The fourth-order valence-corrected chi connectivity index (χ4v) is 6.10. The number of carbonyl (C=O) groups is 2. The third-order valence-electron chi connectivity index (χ3n) is 8.41. The normalized spacial score (nSPS) is 11.1. The molecule has 0 aliphatic carbocycles. The van der Waals surface area contributed by atoms with E-state index in [1.807, 2.05) is 24.3 Å². The standard InChI is InChI=1S/C39H28Cl2N10O4/c40-24-5-13-30-32(18-24)48-50(46-30)34-15-11-28(20-36(34)52)44-38(54)42-26-7-1-22(2-8-26)17-23-3-9-27(10-4-23)43-39(55)45-29-12-16-35(37(53)21-29)51-47-31-14-6-25(41)19-33(31)49-51/h1-16,18-21,52-53H,17H2,(H2,42,44,54)(H2,43,45,55). The molecule has 0 bridgehead atoms. The van der Waals surface area contributed by atoms with Crippen molar-refractivity contribution < 1.29 is 19.8 Å². The fraction of sp³-hybridized carbons (Fsp3) is 0.0256. The smallest absolute Gasteiger partial charge is 0.323 e. The maximum atomic E-state index is 12.7. The van der Waals surface area contributed by atoms with E-state index in [4.69, 9.17) is 23.2 Å². The van der Waals surface area contributed by atoms with E-state index in [1.54, 1.807) is 84.9 Å². The number of phenols is 2. The number of amides is 4. The van der Waals surface area contributed by atoms with Gasteiger partial charge in [0.25, 0.3) is 0 Å². The number of nitrogens with one attached hydrogen (secondary N) is 4. The van der Waals surface area contributed by atoms with Crippen molar-refractivity contribution in [3.05, 3.63) is 142 Å². The summed E-state index contributed by atoms with van der Waals surface area (Å²) >= 11 is 12.1. The topological polar surface area (TPSA) is 184 Å². The van der Waals surface area contributed by atoms with E-state index in [0.29, 0.717) is 72.7 Å². The van der Waals surface area contributed by atoms with Crippen molar-refractivity contribution >= 4 is 80.1 Å². The Hall–Kier alpha value is -7.16. The van der Waals surface area contributed by atoms with Gasteiger partial charge in [0.2, 0.25) is 0 Å². The van der Waals surface area contributed by atoms with E-state index in [1.165, 1.54) is 21.7 Å². The van der Waals surface area contributed by atoms with E-state index < -0.39 is 12.1 Å². The number of aromatic nitrogens is 6. The van der Waals surface area contributed by atoms with E-state index in [2.05, 4.69) is 41.7 Å². The van der Waals surface area contributed by atoms with Crippen LogP contribution in [-0.4, -0.2) is 52.3 Å². The molecule has 14 nitrogen and oxygen atoms in total. The van der Waals surface area contributed by atoms with Gasteiger partial charge in [-0.15, -0.1) is 30.0 Å². The molecule has 0 fully saturated rings. The van der Waals surface area contributed by atoms with E-state index in [9.17, 15) is 19.8 Å². The highest BCUT2D eigenvalue weighted by molar-refractivity contribution is 6.31. The fourth-order valence-electron chi connectivity index (χ4n) is 5.77. The summed E-state index contributed by atoms with van der Waals surface area (Å²) in [5, 5.41) is 50.8. The molecular formula is C39H28Cl2N10O4. The number of halogens is 2. The maximum absolute atomic E-state index is 12.7. The van der Waals surface area contributed by atoms with Gasteiger partial charge in [0.15, 0.2) is 0 Å². The molecule has 4 amide bonds. The van der Waals surface area contributed by atoms with Gasteiger partial charge in [-0.2, -0.15) is 0 Å². The molecule has 0 saturated heterocycles. The largest absolute Gasteiger partial charge is 0.506 e. The highest BCUT2D eigenvalue weighted by Crippen LogP contribution is 2.28. The lowest BCUT2D eigenvalue weighted by Crippen LogP contribution is -2.19. The van der Waals surface area contributed by atoms with Gasteiger partial charge in [-0.1, -0.05) is 47.5 Å². The van der Waals surface area contributed by atoms with Gasteiger partial charge in [0, 0.05) is 44.9 Å². The van der Waals surface area contributed by atoms with Crippen molar-refractivity contribution in [2.24, 2.45) is 0 Å². The summed E-state index contributed by atoms with van der Waals surface area (Å²) in [6, 6.07) is 33.4. The Bertz CT molecular complexity index is 2550. The minimum atomic E-state index is -0.482. The second-order valence-electron chi connectivity index (χ2n) is 12.4. The predicted molar refractivity (Wildman–Crippen MR) is 212 cm³/mol. The number of hydrogen-bond acceptors (Lipinski definition) is 8. The molecule has 8 rings (SSSR count). The molecule has 6 N–H and O–H groups in total. The highest BCUT2D eigenvalue weighted by Gasteiger charge is 2.14. The minimum Gasteiger partial charge on any atom is -0.506 e. The third-order valence-corrected chi connectivity index (χ3v) is 8.88. The molecule has 2 aromatic heterocycles. The number of anilines is 4. The number of benzene rings is 6. The summed E-state index contributed by atoms with van der Waals surface area (Å²) in [4.78, 5) is 28.0. The number of hydrogen-bond donors (Lipinski definition) is 6. The first-order valence-corrected chi connectivity index (χ1v) is 17.4.